The first-order chi connectivity index (χ1) is 10.2. The predicted octanol–water partition coefficient (Wildman–Crippen LogP) is 1.37. The fraction of sp³-hybridized carbons (Fsp3) is 0.500. The molecule has 2 heterocycles. The van der Waals surface area contributed by atoms with Crippen molar-refractivity contribution in [3.63, 3.8) is 0 Å². The molecule has 2 N–H and O–H groups in total. The van der Waals surface area contributed by atoms with Gasteiger partial charge in [0.25, 0.3) is 0 Å². The quantitative estimate of drug-likeness (QED) is 0.882. The number of likely N-dealkylation sites (tertiary alicyclic amines) is 1. The molecule has 2 aliphatic heterocycles. The molecule has 0 radical (unpaired) electrons. The van der Waals surface area contributed by atoms with Gasteiger partial charge < -0.3 is 15.5 Å². The van der Waals surface area contributed by atoms with Crippen molar-refractivity contribution in [2.75, 3.05) is 18.4 Å². The number of amides is 2. The normalized spacial score (nSPS) is 26.4. The van der Waals surface area contributed by atoms with Crippen molar-refractivity contribution in [2.45, 2.75) is 37.8 Å². The first-order valence-corrected chi connectivity index (χ1v) is 7.63. The Hall–Kier alpha value is -2.04. The number of nitrogens with one attached hydrogen (secondary N) is 2. The SMILES string of the molecule is O=C1CC(N2CCCC(Nc3ccccc3)C2=O)CCN1. The lowest BCUT2D eigenvalue weighted by Gasteiger charge is -2.39. The fourth-order valence-corrected chi connectivity index (χ4v) is 3.16. The van der Waals surface area contributed by atoms with Crippen LogP contribution in [0.3, 0.4) is 0 Å². The third-order valence-corrected chi connectivity index (χ3v) is 4.25. The third kappa shape index (κ3) is 3.17. The molecule has 0 saturated carbocycles. The highest BCUT2D eigenvalue weighted by Gasteiger charge is 2.35. The molecule has 0 spiro atoms. The lowest BCUT2D eigenvalue weighted by molar-refractivity contribution is -0.139. The number of hydrogen-bond acceptors (Lipinski definition) is 3. The zero-order valence-corrected chi connectivity index (χ0v) is 12.0. The van der Waals surface area contributed by atoms with Crippen molar-refractivity contribution in [3.05, 3.63) is 30.3 Å². The van der Waals surface area contributed by atoms with E-state index in [9.17, 15) is 9.59 Å². The van der Waals surface area contributed by atoms with E-state index >= 15 is 0 Å². The van der Waals surface area contributed by atoms with E-state index < -0.39 is 0 Å². The molecule has 0 aromatic heterocycles. The van der Waals surface area contributed by atoms with E-state index in [1.165, 1.54) is 0 Å². The van der Waals surface area contributed by atoms with Crippen molar-refractivity contribution in [3.8, 4) is 0 Å². The summed E-state index contributed by atoms with van der Waals surface area (Å²) in [5, 5.41) is 6.14. The summed E-state index contributed by atoms with van der Waals surface area (Å²) in [6.45, 7) is 1.44. The number of benzene rings is 1. The van der Waals surface area contributed by atoms with Crippen LogP contribution in [0.15, 0.2) is 30.3 Å². The van der Waals surface area contributed by atoms with Crippen molar-refractivity contribution in [1.82, 2.24) is 10.2 Å². The smallest absolute Gasteiger partial charge is 0.245 e. The van der Waals surface area contributed by atoms with E-state index in [4.69, 9.17) is 0 Å². The molecule has 3 rings (SSSR count). The first kappa shape index (κ1) is 13.9. The molecule has 2 saturated heterocycles. The van der Waals surface area contributed by atoms with Crippen LogP contribution in [0.4, 0.5) is 5.69 Å². The average molecular weight is 287 g/mol. The van der Waals surface area contributed by atoms with Crippen molar-refractivity contribution in [2.24, 2.45) is 0 Å². The lowest BCUT2D eigenvalue weighted by atomic mass is 9.97. The van der Waals surface area contributed by atoms with Crippen LogP contribution in [0.25, 0.3) is 0 Å². The lowest BCUT2D eigenvalue weighted by Crippen LogP contribution is -2.55. The molecular formula is C16H21N3O2. The van der Waals surface area contributed by atoms with Gasteiger partial charge in [0.05, 0.1) is 0 Å². The molecule has 2 fully saturated rings. The van der Waals surface area contributed by atoms with Crippen LogP contribution in [-0.2, 0) is 9.59 Å². The molecule has 0 bridgehead atoms. The second-order valence-electron chi connectivity index (χ2n) is 5.73. The van der Waals surface area contributed by atoms with Crippen LogP contribution < -0.4 is 10.6 Å². The maximum atomic E-state index is 12.7. The van der Waals surface area contributed by atoms with Gasteiger partial charge >= 0.3 is 0 Å². The minimum atomic E-state index is -0.175. The summed E-state index contributed by atoms with van der Waals surface area (Å²) in [6, 6.07) is 9.71. The highest BCUT2D eigenvalue weighted by Crippen LogP contribution is 2.22. The largest absolute Gasteiger partial charge is 0.374 e. The summed E-state index contributed by atoms with van der Waals surface area (Å²) >= 11 is 0. The summed E-state index contributed by atoms with van der Waals surface area (Å²) in [4.78, 5) is 26.1. The van der Waals surface area contributed by atoms with Gasteiger partial charge in [0.2, 0.25) is 11.8 Å². The Bertz CT molecular complexity index is 518. The summed E-state index contributed by atoms with van der Waals surface area (Å²) in [5.74, 6) is 0.182. The van der Waals surface area contributed by atoms with Gasteiger partial charge in [-0.1, -0.05) is 18.2 Å². The van der Waals surface area contributed by atoms with Crippen LogP contribution in [0.5, 0.6) is 0 Å². The Kier molecular flexibility index (Phi) is 4.08. The number of carbonyl (C=O) groups excluding carboxylic acids is 2. The van der Waals surface area contributed by atoms with Crippen LogP contribution in [-0.4, -0.2) is 41.9 Å². The predicted molar refractivity (Wildman–Crippen MR) is 80.8 cm³/mol. The number of rotatable bonds is 3. The maximum Gasteiger partial charge on any atom is 0.245 e. The number of para-hydroxylation sites is 1. The Morgan fingerprint density at radius 3 is 2.71 bits per heavy atom. The van der Waals surface area contributed by atoms with E-state index in [0.717, 1.165) is 31.5 Å². The highest BCUT2D eigenvalue weighted by atomic mass is 16.2. The van der Waals surface area contributed by atoms with Gasteiger partial charge in [0, 0.05) is 31.2 Å². The van der Waals surface area contributed by atoms with Gasteiger partial charge in [-0.05, 0) is 31.4 Å². The summed E-state index contributed by atoms with van der Waals surface area (Å²) in [7, 11) is 0. The zero-order chi connectivity index (χ0) is 14.7. The molecule has 5 nitrogen and oxygen atoms in total. The van der Waals surface area contributed by atoms with Gasteiger partial charge in [-0.2, -0.15) is 0 Å². The number of piperidine rings is 2. The molecule has 2 unspecified atom stereocenters. The van der Waals surface area contributed by atoms with E-state index in [1.54, 1.807) is 0 Å². The molecule has 2 amide bonds. The summed E-state index contributed by atoms with van der Waals surface area (Å²) in [6.07, 6.45) is 3.12. The fourth-order valence-electron chi connectivity index (χ4n) is 3.16. The second-order valence-corrected chi connectivity index (χ2v) is 5.73. The highest BCUT2D eigenvalue weighted by molar-refractivity contribution is 5.86. The van der Waals surface area contributed by atoms with Gasteiger partial charge in [0.1, 0.15) is 6.04 Å². The number of nitrogens with zero attached hydrogens (tertiary/aromatic N) is 1. The molecule has 1 aromatic carbocycles. The van der Waals surface area contributed by atoms with Gasteiger partial charge in [-0.3, -0.25) is 9.59 Å². The van der Waals surface area contributed by atoms with Crippen LogP contribution in [0, 0.1) is 0 Å². The number of carbonyl (C=O) groups is 2. The van der Waals surface area contributed by atoms with Crippen LogP contribution >= 0.6 is 0 Å². The van der Waals surface area contributed by atoms with Crippen molar-refractivity contribution >= 4 is 17.5 Å². The van der Waals surface area contributed by atoms with Gasteiger partial charge in [-0.15, -0.1) is 0 Å². The monoisotopic (exact) mass is 287 g/mol. The standard InChI is InChI=1S/C16H21N3O2/c20-15-11-13(8-9-17-15)19-10-4-7-14(16(19)21)18-12-5-2-1-3-6-12/h1-3,5-6,13-14,18H,4,7-11H2,(H,17,20). The number of anilines is 1. The topological polar surface area (TPSA) is 61.4 Å². The molecule has 112 valence electrons. The van der Waals surface area contributed by atoms with Gasteiger partial charge in [-0.25, -0.2) is 0 Å². The van der Waals surface area contributed by atoms with E-state index in [-0.39, 0.29) is 23.9 Å². The van der Waals surface area contributed by atoms with Gasteiger partial charge in [0.15, 0.2) is 0 Å². The Morgan fingerprint density at radius 2 is 1.95 bits per heavy atom. The molecular weight excluding hydrogens is 266 g/mol. The summed E-state index contributed by atoms with van der Waals surface area (Å²) < 4.78 is 0. The zero-order valence-electron chi connectivity index (χ0n) is 12.0. The molecule has 0 aliphatic carbocycles. The number of hydrogen-bond donors (Lipinski definition) is 2. The molecule has 2 aliphatic rings. The van der Waals surface area contributed by atoms with E-state index in [2.05, 4.69) is 10.6 Å². The molecule has 21 heavy (non-hydrogen) atoms. The molecule has 5 heteroatoms. The molecule has 2 atom stereocenters. The minimum Gasteiger partial charge on any atom is -0.374 e. The third-order valence-electron chi connectivity index (χ3n) is 4.25. The maximum absolute atomic E-state index is 12.7. The van der Waals surface area contributed by atoms with E-state index in [1.807, 2.05) is 35.2 Å². The molecule has 1 aromatic rings. The Balaban J connectivity index is 1.67. The van der Waals surface area contributed by atoms with Crippen LogP contribution in [0.2, 0.25) is 0 Å². The Morgan fingerprint density at radius 1 is 1.14 bits per heavy atom. The Labute approximate surface area is 124 Å². The first-order valence-electron chi connectivity index (χ1n) is 7.63. The summed E-state index contributed by atoms with van der Waals surface area (Å²) in [5.41, 5.74) is 0.971. The minimum absolute atomic E-state index is 0.0530. The second kappa shape index (κ2) is 6.16. The van der Waals surface area contributed by atoms with Crippen LogP contribution in [0.1, 0.15) is 25.7 Å². The van der Waals surface area contributed by atoms with Crippen molar-refractivity contribution in [1.29, 1.82) is 0 Å². The average Bonchev–Trinajstić information content (AvgIpc) is 2.50. The van der Waals surface area contributed by atoms with E-state index in [0.29, 0.717) is 13.0 Å². The van der Waals surface area contributed by atoms with Crippen molar-refractivity contribution < 1.29 is 9.59 Å².